The molecule has 0 bridgehead atoms. The SMILES string of the molecule is CC(CC(=O)Nc1cccc(C(C)N)c1)CC(C)(C)C. The largest absolute Gasteiger partial charge is 0.326 e. The Bertz CT molecular complexity index is 447. The van der Waals surface area contributed by atoms with Crippen molar-refractivity contribution in [1.82, 2.24) is 0 Å². The van der Waals surface area contributed by atoms with Crippen molar-refractivity contribution in [3.05, 3.63) is 29.8 Å². The van der Waals surface area contributed by atoms with Gasteiger partial charge in [-0.2, -0.15) is 0 Å². The maximum Gasteiger partial charge on any atom is 0.224 e. The van der Waals surface area contributed by atoms with Crippen molar-refractivity contribution in [3.63, 3.8) is 0 Å². The van der Waals surface area contributed by atoms with E-state index < -0.39 is 0 Å². The van der Waals surface area contributed by atoms with Crippen LogP contribution in [0.25, 0.3) is 0 Å². The van der Waals surface area contributed by atoms with E-state index in [4.69, 9.17) is 5.73 Å². The van der Waals surface area contributed by atoms with Gasteiger partial charge in [0.25, 0.3) is 0 Å². The first-order chi connectivity index (χ1) is 9.17. The molecule has 0 aromatic heterocycles. The molecule has 0 radical (unpaired) electrons. The summed E-state index contributed by atoms with van der Waals surface area (Å²) < 4.78 is 0. The highest BCUT2D eigenvalue weighted by Gasteiger charge is 2.17. The Labute approximate surface area is 122 Å². The Morgan fingerprint density at radius 1 is 1.30 bits per heavy atom. The van der Waals surface area contributed by atoms with Gasteiger partial charge in [-0.25, -0.2) is 0 Å². The van der Waals surface area contributed by atoms with Gasteiger partial charge in [-0.15, -0.1) is 0 Å². The number of carbonyl (C=O) groups is 1. The number of rotatable bonds is 5. The zero-order valence-electron chi connectivity index (χ0n) is 13.4. The molecule has 0 aliphatic heterocycles. The summed E-state index contributed by atoms with van der Waals surface area (Å²) in [5.41, 5.74) is 7.97. The van der Waals surface area contributed by atoms with E-state index in [1.54, 1.807) is 0 Å². The minimum Gasteiger partial charge on any atom is -0.326 e. The van der Waals surface area contributed by atoms with Crippen LogP contribution in [0.15, 0.2) is 24.3 Å². The smallest absolute Gasteiger partial charge is 0.224 e. The van der Waals surface area contributed by atoms with Gasteiger partial charge in [0, 0.05) is 18.2 Å². The average molecular weight is 276 g/mol. The van der Waals surface area contributed by atoms with Crippen LogP contribution in [0, 0.1) is 11.3 Å². The predicted molar refractivity (Wildman–Crippen MR) is 85.5 cm³/mol. The molecule has 20 heavy (non-hydrogen) atoms. The number of carbonyl (C=O) groups excluding carboxylic acids is 1. The van der Waals surface area contributed by atoms with Crippen molar-refractivity contribution in [2.24, 2.45) is 17.1 Å². The number of hydrogen-bond acceptors (Lipinski definition) is 2. The summed E-state index contributed by atoms with van der Waals surface area (Å²) in [6, 6.07) is 7.72. The summed E-state index contributed by atoms with van der Waals surface area (Å²) >= 11 is 0. The molecule has 0 spiro atoms. The van der Waals surface area contributed by atoms with Crippen LogP contribution in [-0.4, -0.2) is 5.91 Å². The van der Waals surface area contributed by atoms with Crippen LogP contribution < -0.4 is 11.1 Å². The van der Waals surface area contributed by atoms with Crippen LogP contribution in [0.1, 0.15) is 59.1 Å². The normalized spacial score (nSPS) is 14.7. The summed E-state index contributed by atoms with van der Waals surface area (Å²) in [5.74, 6) is 0.454. The lowest BCUT2D eigenvalue weighted by atomic mass is 9.84. The Hall–Kier alpha value is -1.35. The molecule has 2 unspecified atom stereocenters. The molecule has 1 aromatic rings. The highest BCUT2D eigenvalue weighted by atomic mass is 16.1. The molecule has 1 rings (SSSR count). The van der Waals surface area contributed by atoms with Crippen LogP contribution in [0.4, 0.5) is 5.69 Å². The van der Waals surface area contributed by atoms with E-state index >= 15 is 0 Å². The Kier molecular flexibility index (Phi) is 5.75. The third-order valence-electron chi connectivity index (χ3n) is 3.19. The van der Waals surface area contributed by atoms with Crippen molar-refractivity contribution in [2.75, 3.05) is 5.32 Å². The van der Waals surface area contributed by atoms with Crippen LogP contribution in [0.5, 0.6) is 0 Å². The molecule has 1 aromatic carbocycles. The van der Waals surface area contributed by atoms with Crippen LogP contribution in [0.3, 0.4) is 0 Å². The lowest BCUT2D eigenvalue weighted by molar-refractivity contribution is -0.117. The summed E-state index contributed by atoms with van der Waals surface area (Å²) in [6.45, 7) is 10.7. The van der Waals surface area contributed by atoms with E-state index in [0.717, 1.165) is 17.7 Å². The Morgan fingerprint density at radius 2 is 1.95 bits per heavy atom. The lowest BCUT2D eigenvalue weighted by Gasteiger charge is -2.22. The number of nitrogens with one attached hydrogen (secondary N) is 1. The van der Waals surface area contributed by atoms with Crippen LogP contribution in [0.2, 0.25) is 0 Å². The van der Waals surface area contributed by atoms with Gasteiger partial charge in [-0.05, 0) is 42.4 Å². The second-order valence-corrected chi connectivity index (χ2v) is 7.04. The number of nitrogens with two attached hydrogens (primary N) is 1. The summed E-state index contributed by atoms with van der Waals surface area (Å²) in [5, 5.41) is 2.96. The van der Waals surface area contributed by atoms with Gasteiger partial charge in [0.2, 0.25) is 5.91 Å². The highest BCUT2D eigenvalue weighted by molar-refractivity contribution is 5.90. The van der Waals surface area contributed by atoms with Crippen LogP contribution >= 0.6 is 0 Å². The van der Waals surface area contributed by atoms with Crippen LogP contribution in [-0.2, 0) is 4.79 Å². The summed E-state index contributed by atoms with van der Waals surface area (Å²) in [7, 11) is 0. The Balaban J connectivity index is 2.56. The number of hydrogen-bond donors (Lipinski definition) is 2. The van der Waals surface area contributed by atoms with Gasteiger partial charge in [0.05, 0.1) is 0 Å². The zero-order valence-corrected chi connectivity index (χ0v) is 13.4. The maximum absolute atomic E-state index is 12.0. The standard InChI is InChI=1S/C17H28N2O/c1-12(11-17(3,4)5)9-16(20)19-15-8-6-7-14(10-15)13(2)18/h6-8,10,12-13H,9,11,18H2,1-5H3,(H,19,20). The summed E-state index contributed by atoms with van der Waals surface area (Å²) in [4.78, 5) is 12.0. The van der Waals surface area contributed by atoms with E-state index in [2.05, 4.69) is 33.0 Å². The van der Waals surface area contributed by atoms with E-state index in [0.29, 0.717) is 12.3 Å². The fraction of sp³-hybridized carbons (Fsp3) is 0.588. The molecule has 0 saturated heterocycles. The van der Waals surface area contributed by atoms with Crippen molar-refractivity contribution in [1.29, 1.82) is 0 Å². The fourth-order valence-electron chi connectivity index (χ4n) is 2.55. The van der Waals surface area contributed by atoms with Crippen molar-refractivity contribution in [2.45, 2.75) is 53.5 Å². The minimum atomic E-state index is -0.0216. The van der Waals surface area contributed by atoms with Gasteiger partial charge in [0.15, 0.2) is 0 Å². The van der Waals surface area contributed by atoms with E-state index in [1.807, 2.05) is 31.2 Å². The molecule has 0 fully saturated rings. The quantitative estimate of drug-likeness (QED) is 0.850. The lowest BCUT2D eigenvalue weighted by Crippen LogP contribution is -2.19. The number of benzene rings is 1. The molecule has 3 N–H and O–H groups in total. The van der Waals surface area contributed by atoms with E-state index in [-0.39, 0.29) is 17.4 Å². The van der Waals surface area contributed by atoms with Crippen molar-refractivity contribution < 1.29 is 4.79 Å². The van der Waals surface area contributed by atoms with Gasteiger partial charge in [-0.3, -0.25) is 4.79 Å². The van der Waals surface area contributed by atoms with Gasteiger partial charge in [0.1, 0.15) is 0 Å². The first kappa shape index (κ1) is 16.7. The third kappa shape index (κ3) is 6.20. The molecule has 112 valence electrons. The average Bonchev–Trinajstić information content (AvgIpc) is 2.25. The minimum absolute atomic E-state index is 0.0216. The molecule has 0 heterocycles. The second kappa shape index (κ2) is 6.89. The molecular formula is C17H28N2O. The first-order valence-corrected chi connectivity index (χ1v) is 7.33. The fourth-order valence-corrected chi connectivity index (χ4v) is 2.55. The topological polar surface area (TPSA) is 55.1 Å². The predicted octanol–water partition coefficient (Wildman–Crippen LogP) is 4.11. The zero-order chi connectivity index (χ0) is 15.3. The molecule has 0 aliphatic carbocycles. The molecule has 0 saturated carbocycles. The van der Waals surface area contributed by atoms with Crippen molar-refractivity contribution >= 4 is 11.6 Å². The molecule has 3 nitrogen and oxygen atoms in total. The van der Waals surface area contributed by atoms with E-state index in [1.165, 1.54) is 0 Å². The second-order valence-electron chi connectivity index (χ2n) is 7.04. The third-order valence-corrected chi connectivity index (χ3v) is 3.19. The molecular weight excluding hydrogens is 248 g/mol. The van der Waals surface area contributed by atoms with Gasteiger partial charge >= 0.3 is 0 Å². The van der Waals surface area contributed by atoms with E-state index in [9.17, 15) is 4.79 Å². The monoisotopic (exact) mass is 276 g/mol. The Morgan fingerprint density at radius 3 is 2.50 bits per heavy atom. The molecule has 2 atom stereocenters. The van der Waals surface area contributed by atoms with Crippen molar-refractivity contribution in [3.8, 4) is 0 Å². The molecule has 1 amide bonds. The number of amides is 1. The highest BCUT2D eigenvalue weighted by Crippen LogP contribution is 2.26. The van der Waals surface area contributed by atoms with Gasteiger partial charge in [-0.1, -0.05) is 39.8 Å². The molecule has 3 heteroatoms. The summed E-state index contributed by atoms with van der Waals surface area (Å²) in [6.07, 6.45) is 1.60. The maximum atomic E-state index is 12.0. The number of anilines is 1. The van der Waals surface area contributed by atoms with Gasteiger partial charge < -0.3 is 11.1 Å². The first-order valence-electron chi connectivity index (χ1n) is 7.33. The molecule has 0 aliphatic rings.